The van der Waals surface area contributed by atoms with Crippen molar-refractivity contribution < 1.29 is 8.42 Å². The van der Waals surface area contributed by atoms with E-state index in [1.54, 1.807) is 19.2 Å². The molecule has 4 N–H and O–H groups in total. The van der Waals surface area contributed by atoms with E-state index in [0.29, 0.717) is 30.5 Å². The molecule has 2 rings (SSSR count). The van der Waals surface area contributed by atoms with Gasteiger partial charge < -0.3 is 10.6 Å². The van der Waals surface area contributed by atoms with E-state index in [0.717, 1.165) is 18.7 Å². The van der Waals surface area contributed by atoms with Crippen molar-refractivity contribution in [1.29, 1.82) is 0 Å². The summed E-state index contributed by atoms with van der Waals surface area (Å²) in [6.07, 6.45) is 0. The van der Waals surface area contributed by atoms with Crippen LogP contribution in [0.3, 0.4) is 0 Å². The molecule has 1 aliphatic heterocycles. The molecule has 0 aromatic heterocycles. The first-order valence-corrected chi connectivity index (χ1v) is 10.1. The minimum Gasteiger partial charge on any atom is -0.352 e. The SMILES string of the molecule is CN=C(NCc1cccc(S(N)(=O)=O)c1)NC1CN(C(C)C)CC1C. The summed E-state index contributed by atoms with van der Waals surface area (Å²) in [6.45, 7) is 9.19. The standard InChI is InChI=1S/C17H29N5O2S/c1-12(2)22-10-13(3)16(11-22)21-17(19-4)20-9-14-6-5-7-15(8-14)25(18,23)24/h5-8,12-13,16H,9-11H2,1-4H3,(H2,18,23,24)(H2,19,20,21). The van der Waals surface area contributed by atoms with Crippen molar-refractivity contribution in [1.82, 2.24) is 15.5 Å². The zero-order valence-electron chi connectivity index (χ0n) is 15.4. The van der Waals surface area contributed by atoms with Gasteiger partial charge in [-0.15, -0.1) is 0 Å². The predicted octanol–water partition coefficient (Wildman–Crippen LogP) is 0.728. The molecule has 1 aromatic carbocycles. The number of hydrogen-bond acceptors (Lipinski definition) is 4. The van der Waals surface area contributed by atoms with Crippen LogP contribution in [-0.4, -0.2) is 51.5 Å². The summed E-state index contributed by atoms with van der Waals surface area (Å²) in [5, 5.41) is 11.9. The van der Waals surface area contributed by atoms with E-state index in [-0.39, 0.29) is 4.90 Å². The number of aliphatic imine (C=N–C) groups is 1. The van der Waals surface area contributed by atoms with Crippen molar-refractivity contribution in [3.05, 3.63) is 29.8 Å². The van der Waals surface area contributed by atoms with Crippen molar-refractivity contribution in [2.45, 2.75) is 44.3 Å². The Hall–Kier alpha value is -1.64. The van der Waals surface area contributed by atoms with Gasteiger partial charge in [0.05, 0.1) is 4.90 Å². The number of benzene rings is 1. The fourth-order valence-corrected chi connectivity index (χ4v) is 3.59. The van der Waals surface area contributed by atoms with Crippen LogP contribution in [-0.2, 0) is 16.6 Å². The Labute approximate surface area is 150 Å². The Morgan fingerprint density at radius 1 is 1.40 bits per heavy atom. The number of nitrogens with zero attached hydrogens (tertiary/aromatic N) is 2. The summed E-state index contributed by atoms with van der Waals surface area (Å²) in [5.41, 5.74) is 0.831. The van der Waals surface area contributed by atoms with E-state index in [2.05, 4.69) is 41.3 Å². The Morgan fingerprint density at radius 2 is 2.12 bits per heavy atom. The number of primary sulfonamides is 1. The van der Waals surface area contributed by atoms with Crippen molar-refractivity contribution in [2.75, 3.05) is 20.1 Å². The highest BCUT2D eigenvalue weighted by Gasteiger charge is 2.31. The van der Waals surface area contributed by atoms with Gasteiger partial charge in [0.2, 0.25) is 10.0 Å². The molecule has 2 unspecified atom stereocenters. The molecule has 0 spiro atoms. The summed E-state index contributed by atoms with van der Waals surface area (Å²) in [6, 6.07) is 7.48. The second kappa shape index (κ2) is 8.16. The van der Waals surface area contributed by atoms with E-state index in [1.807, 2.05) is 6.07 Å². The molecule has 0 bridgehead atoms. The van der Waals surface area contributed by atoms with Gasteiger partial charge in [-0.1, -0.05) is 19.1 Å². The smallest absolute Gasteiger partial charge is 0.238 e. The average Bonchev–Trinajstić information content (AvgIpc) is 2.92. The van der Waals surface area contributed by atoms with Crippen molar-refractivity contribution >= 4 is 16.0 Å². The number of likely N-dealkylation sites (tertiary alicyclic amines) is 1. The van der Waals surface area contributed by atoms with Crippen LogP contribution < -0.4 is 15.8 Å². The fourth-order valence-electron chi connectivity index (χ4n) is 3.00. The molecule has 0 radical (unpaired) electrons. The summed E-state index contributed by atoms with van der Waals surface area (Å²) in [5.74, 6) is 1.25. The van der Waals surface area contributed by atoms with Gasteiger partial charge >= 0.3 is 0 Å². The Morgan fingerprint density at radius 3 is 2.68 bits per heavy atom. The highest BCUT2D eigenvalue weighted by molar-refractivity contribution is 7.89. The molecule has 1 heterocycles. The maximum Gasteiger partial charge on any atom is 0.238 e. The quantitative estimate of drug-likeness (QED) is 0.526. The molecule has 1 aromatic rings. The first-order valence-electron chi connectivity index (χ1n) is 8.53. The summed E-state index contributed by atoms with van der Waals surface area (Å²) in [4.78, 5) is 6.84. The zero-order valence-corrected chi connectivity index (χ0v) is 16.2. The third kappa shape index (κ3) is 5.42. The van der Waals surface area contributed by atoms with Gasteiger partial charge in [0.1, 0.15) is 0 Å². The Balaban J connectivity index is 1.95. The number of guanidine groups is 1. The topological polar surface area (TPSA) is 99.8 Å². The number of sulfonamides is 1. The normalized spacial score (nSPS) is 22.4. The summed E-state index contributed by atoms with van der Waals surface area (Å²) in [7, 11) is -1.96. The molecular formula is C17H29N5O2S. The molecule has 1 saturated heterocycles. The van der Waals surface area contributed by atoms with Gasteiger partial charge in [0.15, 0.2) is 5.96 Å². The van der Waals surface area contributed by atoms with Gasteiger partial charge in [0, 0.05) is 38.8 Å². The van der Waals surface area contributed by atoms with Crippen LogP contribution >= 0.6 is 0 Å². The van der Waals surface area contributed by atoms with E-state index < -0.39 is 10.0 Å². The van der Waals surface area contributed by atoms with Gasteiger partial charge in [-0.3, -0.25) is 9.89 Å². The van der Waals surface area contributed by atoms with Gasteiger partial charge in [-0.05, 0) is 37.5 Å². The number of nitrogens with one attached hydrogen (secondary N) is 2. The third-order valence-corrected chi connectivity index (χ3v) is 5.51. The molecule has 1 aliphatic rings. The van der Waals surface area contributed by atoms with E-state index in [4.69, 9.17) is 5.14 Å². The van der Waals surface area contributed by atoms with Crippen LogP contribution in [0.4, 0.5) is 0 Å². The van der Waals surface area contributed by atoms with Crippen molar-refractivity contribution in [3.8, 4) is 0 Å². The molecule has 140 valence electrons. The monoisotopic (exact) mass is 367 g/mol. The molecule has 0 aliphatic carbocycles. The zero-order chi connectivity index (χ0) is 18.6. The Bertz CT molecular complexity index is 718. The minimum atomic E-state index is -3.69. The van der Waals surface area contributed by atoms with Crippen LogP contribution in [0.25, 0.3) is 0 Å². The van der Waals surface area contributed by atoms with Crippen molar-refractivity contribution in [3.63, 3.8) is 0 Å². The second-order valence-electron chi connectivity index (χ2n) is 6.89. The molecule has 2 atom stereocenters. The third-order valence-electron chi connectivity index (χ3n) is 4.60. The van der Waals surface area contributed by atoms with Crippen LogP contribution in [0.2, 0.25) is 0 Å². The molecule has 1 fully saturated rings. The van der Waals surface area contributed by atoms with Crippen LogP contribution in [0, 0.1) is 5.92 Å². The lowest BCUT2D eigenvalue weighted by Gasteiger charge is -2.22. The first-order chi connectivity index (χ1) is 11.7. The van der Waals surface area contributed by atoms with Gasteiger partial charge in [0.25, 0.3) is 0 Å². The molecule has 25 heavy (non-hydrogen) atoms. The summed E-state index contributed by atoms with van der Waals surface area (Å²) >= 11 is 0. The fraction of sp³-hybridized carbons (Fsp3) is 0.588. The lowest BCUT2D eigenvalue weighted by atomic mass is 10.1. The van der Waals surface area contributed by atoms with Crippen molar-refractivity contribution in [2.24, 2.45) is 16.0 Å². The largest absolute Gasteiger partial charge is 0.352 e. The number of rotatable bonds is 5. The van der Waals surface area contributed by atoms with Crippen LogP contribution in [0.5, 0.6) is 0 Å². The Kier molecular flexibility index (Phi) is 6.42. The van der Waals surface area contributed by atoms with E-state index >= 15 is 0 Å². The average molecular weight is 368 g/mol. The van der Waals surface area contributed by atoms with Gasteiger partial charge in [-0.25, -0.2) is 13.6 Å². The minimum absolute atomic E-state index is 0.117. The summed E-state index contributed by atoms with van der Waals surface area (Å²) < 4.78 is 22.9. The molecular weight excluding hydrogens is 338 g/mol. The lowest BCUT2D eigenvalue weighted by Crippen LogP contribution is -2.46. The maximum absolute atomic E-state index is 11.4. The molecule has 0 amide bonds. The van der Waals surface area contributed by atoms with E-state index in [1.165, 1.54) is 6.07 Å². The lowest BCUT2D eigenvalue weighted by molar-refractivity contribution is 0.265. The number of hydrogen-bond donors (Lipinski definition) is 3. The van der Waals surface area contributed by atoms with Gasteiger partial charge in [-0.2, -0.15) is 0 Å². The second-order valence-corrected chi connectivity index (χ2v) is 8.46. The maximum atomic E-state index is 11.4. The van der Waals surface area contributed by atoms with Crippen LogP contribution in [0.15, 0.2) is 34.2 Å². The number of nitrogens with two attached hydrogens (primary N) is 1. The molecule has 7 nitrogen and oxygen atoms in total. The highest BCUT2D eigenvalue weighted by atomic mass is 32.2. The highest BCUT2D eigenvalue weighted by Crippen LogP contribution is 2.18. The predicted molar refractivity (Wildman–Crippen MR) is 101 cm³/mol. The molecule has 8 heteroatoms. The van der Waals surface area contributed by atoms with Crippen LogP contribution in [0.1, 0.15) is 26.3 Å². The molecule has 0 saturated carbocycles. The first kappa shape index (κ1) is 19.7. The van der Waals surface area contributed by atoms with E-state index in [9.17, 15) is 8.42 Å².